The Kier molecular flexibility index (Phi) is 7.08. The standard InChI is InChI=1S/C23H26Cl2N4O3/c1-2-32-22(31)15-3-4-19-20(10-15)28-23(27-19)26-12-14-5-7-29(8-6-14)13-16-9-17(24)11-18(25)21(16)30/h3-4,9-11,14,30H,2,5-8,12-13H2,1H3,(H2,26,27,28). The highest BCUT2D eigenvalue weighted by molar-refractivity contribution is 6.35. The highest BCUT2D eigenvalue weighted by atomic mass is 35.5. The number of benzene rings is 2. The summed E-state index contributed by atoms with van der Waals surface area (Å²) in [4.78, 5) is 22.0. The van der Waals surface area contributed by atoms with E-state index in [1.54, 1.807) is 31.2 Å². The second-order valence-electron chi connectivity index (χ2n) is 8.03. The molecule has 0 spiro atoms. The van der Waals surface area contributed by atoms with Gasteiger partial charge >= 0.3 is 5.97 Å². The first kappa shape index (κ1) is 22.7. The van der Waals surface area contributed by atoms with Crippen LogP contribution in [-0.4, -0.2) is 52.2 Å². The highest BCUT2D eigenvalue weighted by Gasteiger charge is 2.21. The summed E-state index contributed by atoms with van der Waals surface area (Å²) in [5.74, 6) is 0.982. The summed E-state index contributed by atoms with van der Waals surface area (Å²) in [7, 11) is 0. The third-order valence-corrected chi connectivity index (χ3v) is 6.27. The third-order valence-electron chi connectivity index (χ3n) is 5.76. The van der Waals surface area contributed by atoms with Crippen LogP contribution in [0.3, 0.4) is 0 Å². The molecule has 1 aromatic heterocycles. The van der Waals surface area contributed by atoms with Gasteiger partial charge in [0, 0.05) is 23.7 Å². The van der Waals surface area contributed by atoms with Crippen LogP contribution in [0.4, 0.5) is 5.95 Å². The summed E-state index contributed by atoms with van der Waals surface area (Å²) in [6, 6.07) is 8.64. The SMILES string of the molecule is CCOC(=O)c1ccc2[nH]c(NCC3CCN(Cc4cc(Cl)cc(Cl)c4O)CC3)nc2c1. The molecule has 1 aliphatic heterocycles. The number of carbonyl (C=O) groups is 1. The van der Waals surface area contributed by atoms with E-state index in [2.05, 4.69) is 20.2 Å². The van der Waals surface area contributed by atoms with Crippen molar-refractivity contribution in [3.63, 3.8) is 0 Å². The summed E-state index contributed by atoms with van der Waals surface area (Å²) in [6.45, 7) is 5.43. The number of ether oxygens (including phenoxy) is 1. The number of aromatic nitrogens is 2. The molecule has 9 heteroatoms. The van der Waals surface area contributed by atoms with Crippen LogP contribution in [0.25, 0.3) is 11.0 Å². The van der Waals surface area contributed by atoms with E-state index >= 15 is 0 Å². The Morgan fingerprint density at radius 2 is 2.06 bits per heavy atom. The van der Waals surface area contributed by atoms with E-state index in [1.807, 2.05) is 6.07 Å². The van der Waals surface area contributed by atoms with Crippen LogP contribution in [0.1, 0.15) is 35.7 Å². The maximum absolute atomic E-state index is 11.9. The predicted molar refractivity (Wildman–Crippen MR) is 127 cm³/mol. The second-order valence-corrected chi connectivity index (χ2v) is 8.88. The van der Waals surface area contributed by atoms with E-state index in [4.69, 9.17) is 27.9 Å². The Morgan fingerprint density at radius 3 is 2.81 bits per heavy atom. The molecular weight excluding hydrogens is 451 g/mol. The third kappa shape index (κ3) is 5.28. The monoisotopic (exact) mass is 476 g/mol. The minimum Gasteiger partial charge on any atom is -0.506 e. The lowest BCUT2D eigenvalue weighted by molar-refractivity contribution is 0.0526. The minimum atomic E-state index is -0.341. The first-order chi connectivity index (χ1) is 15.4. The van der Waals surface area contributed by atoms with Crippen molar-refractivity contribution in [1.29, 1.82) is 0 Å². The molecule has 0 bridgehead atoms. The number of aromatic hydroxyl groups is 1. The van der Waals surface area contributed by atoms with Crippen LogP contribution in [0.5, 0.6) is 5.75 Å². The van der Waals surface area contributed by atoms with Gasteiger partial charge in [0.15, 0.2) is 0 Å². The molecule has 3 aromatic rings. The van der Waals surface area contributed by atoms with Gasteiger partial charge in [-0.15, -0.1) is 0 Å². The van der Waals surface area contributed by atoms with Crippen molar-refractivity contribution in [3.05, 3.63) is 51.5 Å². The average Bonchev–Trinajstić information content (AvgIpc) is 3.19. The van der Waals surface area contributed by atoms with Crippen LogP contribution in [0.2, 0.25) is 10.0 Å². The molecule has 0 radical (unpaired) electrons. The fraction of sp³-hybridized carbons (Fsp3) is 0.391. The number of imidazole rings is 1. The van der Waals surface area contributed by atoms with Gasteiger partial charge in [-0.1, -0.05) is 23.2 Å². The number of nitrogens with one attached hydrogen (secondary N) is 2. The number of phenols is 1. The number of halogens is 2. The maximum atomic E-state index is 11.9. The van der Waals surface area contributed by atoms with Crippen LogP contribution >= 0.6 is 23.2 Å². The van der Waals surface area contributed by atoms with Gasteiger partial charge in [0.2, 0.25) is 5.95 Å². The molecule has 170 valence electrons. The number of likely N-dealkylation sites (tertiary alicyclic amines) is 1. The van der Waals surface area contributed by atoms with Gasteiger partial charge in [-0.05, 0) is 69.1 Å². The first-order valence-electron chi connectivity index (χ1n) is 10.7. The molecule has 1 aliphatic rings. The fourth-order valence-electron chi connectivity index (χ4n) is 4.00. The molecule has 7 nitrogen and oxygen atoms in total. The van der Waals surface area contributed by atoms with E-state index in [0.29, 0.717) is 35.6 Å². The van der Waals surface area contributed by atoms with Crippen molar-refractivity contribution in [2.45, 2.75) is 26.3 Å². The van der Waals surface area contributed by atoms with Crippen LogP contribution in [0.15, 0.2) is 30.3 Å². The summed E-state index contributed by atoms with van der Waals surface area (Å²) >= 11 is 12.1. The first-order valence-corrected chi connectivity index (χ1v) is 11.5. The quantitative estimate of drug-likeness (QED) is 0.412. The number of hydrogen-bond acceptors (Lipinski definition) is 6. The van der Waals surface area contributed by atoms with Crippen LogP contribution in [0, 0.1) is 5.92 Å². The van der Waals surface area contributed by atoms with Crippen molar-refractivity contribution >= 4 is 46.2 Å². The smallest absolute Gasteiger partial charge is 0.338 e. The van der Waals surface area contributed by atoms with Crippen LogP contribution in [-0.2, 0) is 11.3 Å². The zero-order chi connectivity index (χ0) is 22.7. The lowest BCUT2D eigenvalue weighted by Crippen LogP contribution is -2.35. The summed E-state index contributed by atoms with van der Waals surface area (Å²) in [5, 5.41) is 14.4. The number of hydrogen-bond donors (Lipinski definition) is 3. The van der Waals surface area contributed by atoms with E-state index in [0.717, 1.165) is 49.1 Å². The summed E-state index contributed by atoms with van der Waals surface area (Å²) < 4.78 is 5.05. The van der Waals surface area contributed by atoms with Crippen molar-refractivity contribution in [2.24, 2.45) is 5.92 Å². The minimum absolute atomic E-state index is 0.107. The zero-order valence-electron chi connectivity index (χ0n) is 17.8. The van der Waals surface area contributed by atoms with Gasteiger partial charge < -0.3 is 20.1 Å². The van der Waals surface area contributed by atoms with Gasteiger partial charge in [-0.25, -0.2) is 9.78 Å². The summed E-state index contributed by atoms with van der Waals surface area (Å²) in [5.41, 5.74) is 2.85. The Morgan fingerprint density at radius 1 is 1.28 bits per heavy atom. The van der Waals surface area contributed by atoms with Gasteiger partial charge in [0.25, 0.3) is 0 Å². The normalized spacial score (nSPS) is 15.2. The van der Waals surface area contributed by atoms with E-state index < -0.39 is 0 Å². The van der Waals surface area contributed by atoms with E-state index in [9.17, 15) is 9.90 Å². The number of esters is 1. The van der Waals surface area contributed by atoms with Crippen molar-refractivity contribution in [2.75, 3.05) is 31.6 Å². The largest absolute Gasteiger partial charge is 0.506 e. The second kappa shape index (κ2) is 9.98. The number of phenolic OH excluding ortho intramolecular Hbond substituents is 1. The molecule has 32 heavy (non-hydrogen) atoms. The number of anilines is 1. The topological polar surface area (TPSA) is 90.5 Å². The number of piperidine rings is 1. The number of aromatic amines is 1. The van der Waals surface area contributed by atoms with Gasteiger partial charge in [-0.3, -0.25) is 4.90 Å². The zero-order valence-corrected chi connectivity index (χ0v) is 19.3. The molecule has 2 aromatic carbocycles. The molecule has 1 fully saturated rings. The maximum Gasteiger partial charge on any atom is 0.338 e. The van der Waals surface area contributed by atoms with Crippen LogP contribution < -0.4 is 5.32 Å². The lowest BCUT2D eigenvalue weighted by Gasteiger charge is -2.32. The Hall–Kier alpha value is -2.48. The van der Waals surface area contributed by atoms with Gasteiger partial charge in [0.1, 0.15) is 5.75 Å². The number of fused-ring (bicyclic) bond motifs is 1. The molecule has 0 unspecified atom stereocenters. The lowest BCUT2D eigenvalue weighted by atomic mass is 9.96. The number of H-pyrrole nitrogens is 1. The molecular formula is C23H26Cl2N4O3. The Labute approximate surface area is 196 Å². The average molecular weight is 477 g/mol. The predicted octanol–water partition coefficient (Wildman–Crippen LogP) is 5.08. The van der Waals surface area contributed by atoms with Crippen molar-refractivity contribution in [3.8, 4) is 5.75 Å². The fourth-order valence-corrected chi connectivity index (χ4v) is 4.54. The molecule has 4 rings (SSSR count). The highest BCUT2D eigenvalue weighted by Crippen LogP contribution is 2.32. The molecule has 3 N–H and O–H groups in total. The summed E-state index contributed by atoms with van der Waals surface area (Å²) in [6.07, 6.45) is 2.07. The molecule has 1 saturated heterocycles. The Balaban J connectivity index is 1.29. The molecule has 2 heterocycles. The molecule has 0 saturated carbocycles. The Bertz CT molecular complexity index is 1110. The van der Waals surface area contributed by atoms with Crippen molar-refractivity contribution in [1.82, 2.24) is 14.9 Å². The van der Waals surface area contributed by atoms with Gasteiger partial charge in [-0.2, -0.15) is 0 Å². The van der Waals surface area contributed by atoms with E-state index in [1.165, 1.54) is 0 Å². The number of rotatable bonds is 7. The molecule has 0 aliphatic carbocycles. The van der Waals surface area contributed by atoms with Crippen molar-refractivity contribution < 1.29 is 14.6 Å². The molecule has 0 amide bonds. The number of nitrogens with zero attached hydrogens (tertiary/aromatic N) is 2. The van der Waals surface area contributed by atoms with Gasteiger partial charge in [0.05, 0.1) is 28.2 Å². The molecule has 0 atom stereocenters. The van der Waals surface area contributed by atoms with E-state index in [-0.39, 0.29) is 16.7 Å². The number of carbonyl (C=O) groups excluding carboxylic acids is 1.